The number of aliphatic carboxylic acids is 1. The minimum Gasteiger partial charge on any atom is -0.481 e. The number of halogens is 3. The van der Waals surface area contributed by atoms with Crippen molar-refractivity contribution >= 4 is 17.7 Å². The molecule has 0 unspecified atom stereocenters. The Kier molecular flexibility index (Phi) is 4.35. The number of benzene rings is 1. The third kappa shape index (κ3) is 3.45. The van der Waals surface area contributed by atoms with Gasteiger partial charge in [0, 0.05) is 25.2 Å². The molecule has 1 aromatic rings. The van der Waals surface area contributed by atoms with E-state index in [1.165, 1.54) is 4.90 Å². The monoisotopic (exact) mass is 302 g/mol. The molecule has 0 aromatic heterocycles. The molecule has 1 heterocycles. The molecule has 1 aliphatic heterocycles. The second-order valence-electron chi connectivity index (χ2n) is 4.78. The zero-order valence-electron chi connectivity index (χ0n) is 10.9. The van der Waals surface area contributed by atoms with Gasteiger partial charge in [-0.05, 0) is 12.8 Å². The molecule has 1 aromatic carbocycles. The first-order valence-corrected chi connectivity index (χ1v) is 6.31. The molecule has 2 rings (SSSR count). The van der Waals surface area contributed by atoms with Crippen LogP contribution in [-0.2, 0) is 4.79 Å². The Morgan fingerprint density at radius 2 is 1.81 bits per heavy atom. The molecule has 0 aliphatic carbocycles. The van der Waals surface area contributed by atoms with Gasteiger partial charge in [0.15, 0.2) is 11.6 Å². The highest BCUT2D eigenvalue weighted by atomic mass is 19.2. The normalized spacial score (nSPS) is 15.9. The van der Waals surface area contributed by atoms with E-state index in [1.54, 1.807) is 0 Å². The van der Waals surface area contributed by atoms with E-state index in [4.69, 9.17) is 5.11 Å². The zero-order chi connectivity index (χ0) is 15.6. The third-order valence-electron chi connectivity index (χ3n) is 3.37. The molecule has 0 saturated carbocycles. The maximum absolute atomic E-state index is 13.4. The summed E-state index contributed by atoms with van der Waals surface area (Å²) in [6, 6.07) is 0.339. The van der Waals surface area contributed by atoms with Crippen LogP contribution in [-0.4, -0.2) is 35.1 Å². The molecule has 1 aliphatic rings. The van der Waals surface area contributed by atoms with Crippen LogP contribution in [0.1, 0.15) is 12.8 Å². The summed E-state index contributed by atoms with van der Waals surface area (Å²) in [6.07, 6.45) is 0.561. The van der Waals surface area contributed by atoms with Crippen LogP contribution in [0.3, 0.4) is 0 Å². The Labute approximate surface area is 118 Å². The maximum Gasteiger partial charge on any atom is 0.321 e. The fraction of sp³-hybridized carbons (Fsp3) is 0.385. The van der Waals surface area contributed by atoms with Gasteiger partial charge in [-0.3, -0.25) is 4.79 Å². The summed E-state index contributed by atoms with van der Waals surface area (Å²) in [7, 11) is 0. The van der Waals surface area contributed by atoms with Crippen LogP contribution in [0.15, 0.2) is 12.1 Å². The summed E-state index contributed by atoms with van der Waals surface area (Å²) >= 11 is 0. The fourth-order valence-corrected chi connectivity index (χ4v) is 2.17. The number of carbonyl (C=O) groups is 2. The smallest absolute Gasteiger partial charge is 0.321 e. The van der Waals surface area contributed by atoms with Gasteiger partial charge in [0.05, 0.1) is 11.6 Å². The van der Waals surface area contributed by atoms with Gasteiger partial charge in [-0.1, -0.05) is 0 Å². The first-order valence-electron chi connectivity index (χ1n) is 6.31. The van der Waals surface area contributed by atoms with Crippen molar-refractivity contribution < 1.29 is 27.9 Å². The number of hydrogen-bond donors (Lipinski definition) is 2. The van der Waals surface area contributed by atoms with Crippen LogP contribution >= 0.6 is 0 Å². The Bertz CT molecular complexity index is 572. The number of carboxylic acids is 1. The summed E-state index contributed by atoms with van der Waals surface area (Å²) in [5.41, 5.74) is -0.585. The molecule has 0 spiro atoms. The van der Waals surface area contributed by atoms with Crippen molar-refractivity contribution in [2.45, 2.75) is 12.8 Å². The lowest BCUT2D eigenvalue weighted by atomic mass is 9.97. The van der Waals surface area contributed by atoms with E-state index in [0.717, 1.165) is 0 Å². The van der Waals surface area contributed by atoms with E-state index in [-0.39, 0.29) is 25.9 Å². The number of likely N-dealkylation sites (tertiary alicyclic amines) is 1. The standard InChI is InChI=1S/C13H13F3N2O3/c14-8-5-9(15)11(16)10(6-8)17-13(21)18-3-1-7(2-4-18)12(19)20/h5-7H,1-4H2,(H,17,21)(H,19,20). The number of amides is 2. The Balaban J connectivity index is 2.01. The van der Waals surface area contributed by atoms with Crippen molar-refractivity contribution in [2.24, 2.45) is 5.92 Å². The van der Waals surface area contributed by atoms with Crippen molar-refractivity contribution in [3.05, 3.63) is 29.6 Å². The number of nitrogens with one attached hydrogen (secondary N) is 1. The van der Waals surface area contributed by atoms with Crippen LogP contribution in [0.4, 0.5) is 23.7 Å². The molecule has 0 bridgehead atoms. The summed E-state index contributed by atoms with van der Waals surface area (Å²) in [6.45, 7) is 0.366. The third-order valence-corrected chi connectivity index (χ3v) is 3.37. The molecule has 1 saturated heterocycles. The van der Waals surface area contributed by atoms with Gasteiger partial charge >= 0.3 is 12.0 Å². The largest absolute Gasteiger partial charge is 0.481 e. The molecule has 2 amide bonds. The van der Waals surface area contributed by atoms with Gasteiger partial charge in [0.2, 0.25) is 0 Å². The molecule has 2 N–H and O–H groups in total. The Morgan fingerprint density at radius 1 is 1.19 bits per heavy atom. The number of piperidine rings is 1. The van der Waals surface area contributed by atoms with Crippen molar-refractivity contribution in [1.29, 1.82) is 0 Å². The molecule has 0 atom stereocenters. The predicted octanol–water partition coefficient (Wildman–Crippen LogP) is 2.43. The van der Waals surface area contributed by atoms with Crippen molar-refractivity contribution in [3.63, 3.8) is 0 Å². The second kappa shape index (κ2) is 6.02. The second-order valence-corrected chi connectivity index (χ2v) is 4.78. The lowest BCUT2D eigenvalue weighted by Crippen LogP contribution is -2.42. The van der Waals surface area contributed by atoms with Crippen LogP contribution in [0.25, 0.3) is 0 Å². The highest BCUT2D eigenvalue weighted by Crippen LogP contribution is 2.21. The van der Waals surface area contributed by atoms with Crippen LogP contribution in [0, 0.1) is 23.4 Å². The summed E-state index contributed by atoms with van der Waals surface area (Å²) in [5, 5.41) is 10.9. The summed E-state index contributed by atoms with van der Waals surface area (Å²) in [4.78, 5) is 23.9. The van der Waals surface area contributed by atoms with Gasteiger partial charge in [-0.15, -0.1) is 0 Å². The molecular formula is C13H13F3N2O3. The van der Waals surface area contributed by atoms with E-state index in [0.29, 0.717) is 12.1 Å². The lowest BCUT2D eigenvalue weighted by Gasteiger charge is -2.30. The van der Waals surface area contributed by atoms with Gasteiger partial charge < -0.3 is 15.3 Å². The van der Waals surface area contributed by atoms with E-state index in [1.807, 2.05) is 0 Å². The highest BCUT2D eigenvalue weighted by Gasteiger charge is 2.27. The van der Waals surface area contributed by atoms with Crippen LogP contribution < -0.4 is 5.32 Å². The highest BCUT2D eigenvalue weighted by molar-refractivity contribution is 5.89. The first-order chi connectivity index (χ1) is 9.88. The van der Waals surface area contributed by atoms with Gasteiger partial charge in [0.1, 0.15) is 5.82 Å². The molecule has 8 heteroatoms. The molecule has 114 valence electrons. The van der Waals surface area contributed by atoms with E-state index >= 15 is 0 Å². The Hall–Kier alpha value is -2.25. The van der Waals surface area contributed by atoms with Crippen LogP contribution in [0.5, 0.6) is 0 Å². The predicted molar refractivity (Wildman–Crippen MR) is 67.3 cm³/mol. The van der Waals surface area contributed by atoms with Gasteiger partial charge in [0.25, 0.3) is 0 Å². The first kappa shape index (κ1) is 15.1. The average Bonchev–Trinajstić information content (AvgIpc) is 2.44. The number of nitrogens with zero attached hydrogens (tertiary/aromatic N) is 1. The maximum atomic E-state index is 13.4. The SMILES string of the molecule is O=C(O)C1CCN(C(=O)Nc2cc(F)cc(F)c2F)CC1. The van der Waals surface area contributed by atoms with E-state index in [9.17, 15) is 22.8 Å². The van der Waals surface area contributed by atoms with Gasteiger partial charge in [-0.25, -0.2) is 18.0 Å². The van der Waals surface area contributed by atoms with Crippen molar-refractivity contribution in [1.82, 2.24) is 4.90 Å². The minimum absolute atomic E-state index is 0.183. The lowest BCUT2D eigenvalue weighted by molar-refractivity contribution is -0.143. The zero-order valence-corrected chi connectivity index (χ0v) is 10.9. The average molecular weight is 302 g/mol. The fourth-order valence-electron chi connectivity index (χ4n) is 2.17. The van der Waals surface area contributed by atoms with Crippen molar-refractivity contribution in [3.8, 4) is 0 Å². The number of urea groups is 1. The number of carbonyl (C=O) groups excluding carboxylic acids is 1. The summed E-state index contributed by atoms with van der Waals surface area (Å²) < 4.78 is 39.5. The number of carboxylic acid groups (broad SMARTS) is 1. The molecular weight excluding hydrogens is 289 g/mol. The quantitative estimate of drug-likeness (QED) is 0.824. The van der Waals surface area contributed by atoms with Gasteiger partial charge in [-0.2, -0.15) is 0 Å². The molecule has 21 heavy (non-hydrogen) atoms. The van der Waals surface area contributed by atoms with E-state index < -0.39 is 41.1 Å². The summed E-state index contributed by atoms with van der Waals surface area (Å²) in [5.74, 6) is -5.18. The number of anilines is 1. The molecule has 1 fully saturated rings. The minimum atomic E-state index is -1.39. The topological polar surface area (TPSA) is 69.6 Å². The van der Waals surface area contributed by atoms with Crippen molar-refractivity contribution in [2.75, 3.05) is 18.4 Å². The van der Waals surface area contributed by atoms with Crippen LogP contribution in [0.2, 0.25) is 0 Å². The molecule has 0 radical (unpaired) electrons. The Morgan fingerprint density at radius 3 is 2.38 bits per heavy atom. The van der Waals surface area contributed by atoms with E-state index in [2.05, 4.69) is 5.32 Å². The number of rotatable bonds is 2. The molecule has 5 nitrogen and oxygen atoms in total. The number of hydrogen-bond acceptors (Lipinski definition) is 2.